The molecule has 2 rings (SSSR count). The fourth-order valence-corrected chi connectivity index (χ4v) is 1.89. The Labute approximate surface area is 124 Å². The first-order chi connectivity index (χ1) is 9.79. The summed E-state index contributed by atoms with van der Waals surface area (Å²) >= 11 is 5.74. The molecule has 0 bridgehead atoms. The molecule has 2 aromatic rings. The number of aromatic nitrogens is 2. The van der Waals surface area contributed by atoms with E-state index in [9.17, 15) is 13.2 Å². The van der Waals surface area contributed by atoms with Gasteiger partial charge in [-0.1, -0.05) is 11.6 Å². The molecular formula is C13H12ClF3N4. The average molecular weight is 317 g/mol. The van der Waals surface area contributed by atoms with Crippen molar-refractivity contribution < 1.29 is 13.2 Å². The van der Waals surface area contributed by atoms with Crippen LogP contribution in [0, 0.1) is 6.92 Å². The van der Waals surface area contributed by atoms with E-state index in [1.807, 2.05) is 0 Å². The maximum absolute atomic E-state index is 12.8. The molecule has 0 aliphatic heterocycles. The van der Waals surface area contributed by atoms with Crippen LogP contribution in [0.15, 0.2) is 24.4 Å². The van der Waals surface area contributed by atoms with Crippen molar-refractivity contribution in [3.63, 3.8) is 0 Å². The first-order valence-corrected chi connectivity index (χ1v) is 6.33. The van der Waals surface area contributed by atoms with Crippen LogP contribution in [0.3, 0.4) is 0 Å². The highest BCUT2D eigenvalue weighted by molar-refractivity contribution is 6.31. The van der Waals surface area contributed by atoms with Gasteiger partial charge in [0.1, 0.15) is 5.82 Å². The quantitative estimate of drug-likeness (QED) is 0.889. The van der Waals surface area contributed by atoms with Crippen molar-refractivity contribution in [2.75, 3.05) is 17.7 Å². The van der Waals surface area contributed by atoms with Crippen LogP contribution in [-0.4, -0.2) is 17.0 Å². The highest BCUT2D eigenvalue weighted by atomic mass is 35.5. The minimum atomic E-state index is -4.46. The lowest BCUT2D eigenvalue weighted by molar-refractivity contribution is -0.137. The summed E-state index contributed by atoms with van der Waals surface area (Å²) in [7, 11) is 1.65. The molecule has 112 valence electrons. The van der Waals surface area contributed by atoms with Crippen molar-refractivity contribution in [2.45, 2.75) is 13.1 Å². The molecule has 0 aliphatic carbocycles. The highest BCUT2D eigenvalue weighted by Crippen LogP contribution is 2.34. The summed E-state index contributed by atoms with van der Waals surface area (Å²) in [6.45, 7) is 1.75. The summed E-state index contributed by atoms with van der Waals surface area (Å²) in [5.41, 5.74) is 0.0826. The van der Waals surface area contributed by atoms with Gasteiger partial charge in [0, 0.05) is 29.5 Å². The molecule has 0 saturated carbocycles. The van der Waals surface area contributed by atoms with E-state index in [0.717, 1.165) is 12.1 Å². The molecule has 1 aromatic heterocycles. The molecule has 1 heterocycles. The van der Waals surface area contributed by atoms with Crippen LogP contribution in [0.2, 0.25) is 5.02 Å². The van der Waals surface area contributed by atoms with E-state index in [4.69, 9.17) is 11.6 Å². The number of nitrogens with one attached hydrogen (secondary N) is 2. The number of nitrogens with zero attached hydrogens (tertiary/aromatic N) is 2. The third-order valence-electron chi connectivity index (χ3n) is 2.68. The maximum Gasteiger partial charge on any atom is 0.416 e. The summed E-state index contributed by atoms with van der Waals surface area (Å²) in [5.74, 6) is 0.769. The van der Waals surface area contributed by atoms with Crippen molar-refractivity contribution >= 4 is 29.1 Å². The van der Waals surface area contributed by atoms with Crippen LogP contribution in [0.4, 0.5) is 30.6 Å². The van der Waals surface area contributed by atoms with Crippen molar-refractivity contribution in [3.05, 3.63) is 40.5 Å². The molecule has 1 aromatic carbocycles. The van der Waals surface area contributed by atoms with Gasteiger partial charge in [0.05, 0.1) is 5.56 Å². The minimum Gasteiger partial charge on any atom is -0.357 e. The summed E-state index contributed by atoms with van der Waals surface area (Å²) < 4.78 is 38.3. The normalized spacial score (nSPS) is 11.3. The van der Waals surface area contributed by atoms with Gasteiger partial charge in [-0.2, -0.15) is 18.2 Å². The van der Waals surface area contributed by atoms with Gasteiger partial charge >= 0.3 is 6.18 Å². The van der Waals surface area contributed by atoms with E-state index in [2.05, 4.69) is 20.6 Å². The first kappa shape index (κ1) is 15.4. The second kappa shape index (κ2) is 5.77. The Bertz CT molecular complexity index is 658. The number of halogens is 4. The Balaban J connectivity index is 2.38. The van der Waals surface area contributed by atoms with Crippen LogP contribution in [0.1, 0.15) is 11.1 Å². The fourth-order valence-electron chi connectivity index (χ4n) is 1.65. The van der Waals surface area contributed by atoms with Crippen molar-refractivity contribution in [3.8, 4) is 0 Å². The second-order valence-electron chi connectivity index (χ2n) is 4.33. The smallest absolute Gasteiger partial charge is 0.357 e. The standard InChI is InChI=1S/C13H12ClF3N4/c1-7-6-19-12(18-2)21-11(7)20-10-4-8(13(15,16)17)3-9(14)5-10/h3-6H,1-2H3,(H2,18,19,20,21). The zero-order valence-electron chi connectivity index (χ0n) is 11.2. The second-order valence-corrected chi connectivity index (χ2v) is 4.76. The Hall–Kier alpha value is -2.02. The van der Waals surface area contributed by atoms with Crippen LogP contribution >= 0.6 is 11.6 Å². The molecule has 0 unspecified atom stereocenters. The summed E-state index contributed by atoms with van der Waals surface area (Å²) in [6.07, 6.45) is -2.89. The molecule has 21 heavy (non-hydrogen) atoms. The van der Waals surface area contributed by atoms with Gasteiger partial charge in [0.25, 0.3) is 0 Å². The Kier molecular flexibility index (Phi) is 4.22. The SMILES string of the molecule is CNc1ncc(C)c(Nc2cc(Cl)cc(C(F)(F)F)c2)n1. The summed E-state index contributed by atoms with van der Waals surface area (Å²) in [6, 6.07) is 3.25. The van der Waals surface area contributed by atoms with Gasteiger partial charge in [0.15, 0.2) is 0 Å². The lowest BCUT2D eigenvalue weighted by atomic mass is 10.2. The van der Waals surface area contributed by atoms with Crippen molar-refractivity contribution in [1.29, 1.82) is 0 Å². The van der Waals surface area contributed by atoms with E-state index in [-0.39, 0.29) is 10.7 Å². The molecule has 0 fully saturated rings. The third kappa shape index (κ3) is 3.75. The molecule has 0 amide bonds. The van der Waals surface area contributed by atoms with Gasteiger partial charge in [-0.05, 0) is 25.1 Å². The van der Waals surface area contributed by atoms with Gasteiger partial charge in [0.2, 0.25) is 5.95 Å². The maximum atomic E-state index is 12.8. The van der Waals surface area contributed by atoms with Gasteiger partial charge in [-0.15, -0.1) is 0 Å². The number of rotatable bonds is 3. The third-order valence-corrected chi connectivity index (χ3v) is 2.90. The number of aryl methyl sites for hydroxylation is 1. The molecule has 0 saturated heterocycles. The minimum absolute atomic E-state index is 0.00660. The van der Waals surface area contributed by atoms with E-state index < -0.39 is 11.7 Å². The van der Waals surface area contributed by atoms with Crippen molar-refractivity contribution in [2.24, 2.45) is 0 Å². The Morgan fingerprint density at radius 2 is 1.90 bits per heavy atom. The first-order valence-electron chi connectivity index (χ1n) is 5.96. The van der Waals surface area contributed by atoms with E-state index >= 15 is 0 Å². The monoisotopic (exact) mass is 316 g/mol. The topological polar surface area (TPSA) is 49.8 Å². The molecule has 0 atom stereocenters. The number of alkyl halides is 3. The molecule has 0 aliphatic rings. The van der Waals surface area contributed by atoms with Crippen LogP contribution in [0.25, 0.3) is 0 Å². The molecule has 0 radical (unpaired) electrons. The lowest BCUT2D eigenvalue weighted by Crippen LogP contribution is -2.07. The van der Waals surface area contributed by atoms with Crippen LogP contribution < -0.4 is 10.6 Å². The van der Waals surface area contributed by atoms with Crippen LogP contribution in [-0.2, 0) is 6.18 Å². The lowest BCUT2D eigenvalue weighted by Gasteiger charge is -2.13. The number of hydrogen-bond acceptors (Lipinski definition) is 4. The Morgan fingerprint density at radius 1 is 1.19 bits per heavy atom. The molecule has 8 heteroatoms. The molecule has 2 N–H and O–H groups in total. The average Bonchev–Trinajstić information content (AvgIpc) is 2.39. The van der Waals surface area contributed by atoms with Gasteiger partial charge in [-0.25, -0.2) is 4.98 Å². The van der Waals surface area contributed by atoms with E-state index in [1.165, 1.54) is 6.07 Å². The molecular weight excluding hydrogens is 305 g/mol. The van der Waals surface area contributed by atoms with Crippen molar-refractivity contribution in [1.82, 2.24) is 9.97 Å². The van der Waals surface area contributed by atoms with Gasteiger partial charge < -0.3 is 10.6 Å². The summed E-state index contributed by atoms with van der Waals surface area (Å²) in [4.78, 5) is 8.16. The number of benzene rings is 1. The zero-order valence-corrected chi connectivity index (χ0v) is 12.0. The largest absolute Gasteiger partial charge is 0.416 e. The number of anilines is 3. The molecule has 4 nitrogen and oxygen atoms in total. The van der Waals surface area contributed by atoms with Crippen LogP contribution in [0.5, 0.6) is 0 Å². The highest BCUT2D eigenvalue weighted by Gasteiger charge is 2.31. The Morgan fingerprint density at radius 3 is 2.52 bits per heavy atom. The van der Waals surface area contributed by atoms with Gasteiger partial charge in [-0.3, -0.25) is 0 Å². The predicted octanol–water partition coefficient (Wildman–Crippen LogP) is 4.24. The fraction of sp³-hybridized carbons (Fsp3) is 0.231. The predicted molar refractivity (Wildman–Crippen MR) is 76.1 cm³/mol. The van der Waals surface area contributed by atoms with E-state index in [0.29, 0.717) is 17.3 Å². The van der Waals surface area contributed by atoms with E-state index in [1.54, 1.807) is 20.2 Å². The number of hydrogen-bond donors (Lipinski definition) is 2. The molecule has 0 spiro atoms. The zero-order chi connectivity index (χ0) is 15.6. The summed E-state index contributed by atoms with van der Waals surface area (Å²) in [5, 5.41) is 5.58.